The molecule has 1 saturated heterocycles. The van der Waals surface area contributed by atoms with Crippen LogP contribution in [0.1, 0.15) is 44.9 Å². The van der Waals surface area contributed by atoms with Crippen LogP contribution in [0, 0.1) is 5.92 Å². The van der Waals surface area contributed by atoms with Crippen molar-refractivity contribution in [2.24, 2.45) is 5.92 Å². The molecule has 1 aliphatic carbocycles. The average molecular weight is 317 g/mol. The van der Waals surface area contributed by atoms with Gasteiger partial charge in [0.25, 0.3) is 0 Å². The lowest BCUT2D eigenvalue weighted by molar-refractivity contribution is -0.144. The highest BCUT2D eigenvalue weighted by Crippen LogP contribution is 2.32. The van der Waals surface area contributed by atoms with E-state index in [1.54, 1.807) is 4.31 Å². The van der Waals surface area contributed by atoms with Crippen LogP contribution in [0.25, 0.3) is 0 Å². The highest BCUT2D eigenvalue weighted by atomic mass is 32.2. The molecule has 7 heteroatoms. The number of carbonyl (C=O) groups is 2. The zero-order valence-corrected chi connectivity index (χ0v) is 13.2. The molecule has 2 aliphatic rings. The Bertz CT molecular complexity index is 487. The quantitative estimate of drug-likeness (QED) is 0.560. The summed E-state index contributed by atoms with van der Waals surface area (Å²) in [6.07, 6.45) is 3.79. The monoisotopic (exact) mass is 317 g/mol. The Kier molecular flexibility index (Phi) is 5.37. The number of esters is 1. The van der Waals surface area contributed by atoms with Gasteiger partial charge < -0.3 is 4.74 Å². The smallest absolute Gasteiger partial charge is 0.313 e. The molecule has 2 fully saturated rings. The van der Waals surface area contributed by atoms with Gasteiger partial charge in [-0.25, -0.2) is 12.7 Å². The number of ketones is 1. The molecule has 0 spiro atoms. The Morgan fingerprint density at radius 1 is 1.10 bits per heavy atom. The van der Waals surface area contributed by atoms with Crippen LogP contribution in [0.15, 0.2) is 0 Å². The van der Waals surface area contributed by atoms with Gasteiger partial charge in [-0.15, -0.1) is 0 Å². The molecule has 0 N–H and O–H groups in total. The molecule has 120 valence electrons. The first-order chi connectivity index (χ1) is 9.95. The topological polar surface area (TPSA) is 80.8 Å². The second-order valence-corrected chi connectivity index (χ2v) is 8.06. The zero-order valence-electron chi connectivity index (χ0n) is 12.4. The first kappa shape index (κ1) is 16.4. The third-order valence-corrected chi connectivity index (χ3v) is 6.92. The molecule has 0 amide bonds. The van der Waals surface area contributed by atoms with Gasteiger partial charge >= 0.3 is 5.97 Å². The van der Waals surface area contributed by atoms with E-state index in [1.807, 2.05) is 0 Å². The first-order valence-corrected chi connectivity index (χ1v) is 9.04. The van der Waals surface area contributed by atoms with Gasteiger partial charge in [-0.1, -0.05) is 0 Å². The van der Waals surface area contributed by atoms with Crippen LogP contribution in [0.5, 0.6) is 0 Å². The number of hydrogen-bond donors (Lipinski definition) is 0. The van der Waals surface area contributed by atoms with E-state index in [4.69, 9.17) is 0 Å². The third-order valence-electron chi connectivity index (χ3n) is 4.52. The van der Waals surface area contributed by atoms with Crippen molar-refractivity contribution < 1.29 is 22.7 Å². The van der Waals surface area contributed by atoms with Crippen molar-refractivity contribution in [3.05, 3.63) is 0 Å². The minimum Gasteiger partial charge on any atom is -0.469 e. The lowest BCUT2D eigenvalue weighted by Crippen LogP contribution is -2.39. The largest absolute Gasteiger partial charge is 0.469 e. The van der Waals surface area contributed by atoms with Crippen LogP contribution in [-0.4, -0.2) is 49.9 Å². The fourth-order valence-corrected chi connectivity index (χ4v) is 5.25. The van der Waals surface area contributed by atoms with Crippen LogP contribution in [0.2, 0.25) is 0 Å². The number of rotatable bonds is 5. The van der Waals surface area contributed by atoms with Crippen molar-refractivity contribution in [3.8, 4) is 0 Å². The molecule has 0 aromatic rings. The van der Waals surface area contributed by atoms with Crippen LogP contribution in [0.4, 0.5) is 0 Å². The summed E-state index contributed by atoms with van der Waals surface area (Å²) >= 11 is 0. The number of nitrogens with zero attached hydrogens (tertiary/aromatic N) is 1. The molecular weight excluding hydrogens is 294 g/mol. The number of Topliss-reactive ketones (excluding diaryl/α,β-unsaturated/α-hetero) is 1. The minimum absolute atomic E-state index is 0.126. The van der Waals surface area contributed by atoms with Crippen molar-refractivity contribution in [1.29, 1.82) is 0 Å². The Morgan fingerprint density at radius 2 is 1.67 bits per heavy atom. The van der Waals surface area contributed by atoms with E-state index in [0.29, 0.717) is 38.8 Å². The van der Waals surface area contributed by atoms with Gasteiger partial charge in [0.1, 0.15) is 12.2 Å². The summed E-state index contributed by atoms with van der Waals surface area (Å²) in [5, 5.41) is -0.363. The van der Waals surface area contributed by atoms with Gasteiger partial charge in [0.15, 0.2) is 0 Å². The summed E-state index contributed by atoms with van der Waals surface area (Å²) in [5.74, 6) is -0.847. The van der Waals surface area contributed by atoms with Gasteiger partial charge in [-0.2, -0.15) is 0 Å². The predicted molar refractivity (Wildman–Crippen MR) is 77.1 cm³/mol. The van der Waals surface area contributed by atoms with E-state index < -0.39 is 16.0 Å². The highest BCUT2D eigenvalue weighted by molar-refractivity contribution is 7.89. The molecule has 0 unspecified atom stereocenters. The van der Waals surface area contributed by atoms with Crippen LogP contribution >= 0.6 is 0 Å². The second-order valence-electron chi connectivity index (χ2n) is 5.84. The molecule has 0 aromatic carbocycles. The maximum Gasteiger partial charge on any atom is 0.313 e. The predicted octanol–water partition coefficient (Wildman–Crippen LogP) is 1.10. The fraction of sp³-hybridized carbons (Fsp3) is 0.857. The normalized spacial score (nSPS) is 27.5. The third kappa shape index (κ3) is 3.83. The van der Waals surface area contributed by atoms with Gasteiger partial charge in [-0.05, 0) is 38.5 Å². The van der Waals surface area contributed by atoms with E-state index in [1.165, 1.54) is 7.11 Å². The summed E-state index contributed by atoms with van der Waals surface area (Å²) < 4.78 is 31.0. The first-order valence-electron chi connectivity index (χ1n) is 7.53. The Morgan fingerprint density at radius 3 is 2.19 bits per heavy atom. The van der Waals surface area contributed by atoms with Gasteiger partial charge in [0, 0.05) is 19.0 Å². The van der Waals surface area contributed by atoms with Crippen molar-refractivity contribution >= 4 is 21.8 Å². The highest BCUT2D eigenvalue weighted by Gasteiger charge is 2.37. The molecule has 0 aromatic heterocycles. The molecule has 1 aliphatic heterocycles. The number of carbonyl (C=O) groups excluding carboxylic acids is 2. The summed E-state index contributed by atoms with van der Waals surface area (Å²) in [5.41, 5.74) is 0. The lowest BCUT2D eigenvalue weighted by atomic mass is 9.85. The number of sulfonamides is 1. The molecule has 6 nitrogen and oxygen atoms in total. The van der Waals surface area contributed by atoms with Crippen molar-refractivity contribution in [2.45, 2.75) is 50.2 Å². The summed E-state index contributed by atoms with van der Waals surface area (Å²) in [7, 11) is -1.95. The Labute approximate surface area is 125 Å². The summed E-state index contributed by atoms with van der Waals surface area (Å²) in [6.45, 7) is 1.26. The van der Waals surface area contributed by atoms with E-state index in [-0.39, 0.29) is 23.4 Å². The maximum atomic E-state index is 12.5. The van der Waals surface area contributed by atoms with Gasteiger partial charge in [-0.3, -0.25) is 9.59 Å². The lowest BCUT2D eigenvalue weighted by Gasteiger charge is -2.30. The van der Waals surface area contributed by atoms with E-state index >= 15 is 0 Å². The minimum atomic E-state index is -3.21. The molecule has 2 rings (SSSR count). The standard InChI is InChI=1S/C14H23NO5S/c1-20-14(17)10-13(16)11-4-6-12(7-5-11)21(18,19)15-8-2-3-9-15/h11-12H,2-10H2,1H3. The Hall–Kier alpha value is -0.950. The fourth-order valence-electron chi connectivity index (χ4n) is 3.19. The van der Waals surface area contributed by atoms with E-state index in [2.05, 4.69) is 4.74 Å². The molecule has 0 bridgehead atoms. The van der Waals surface area contributed by atoms with Gasteiger partial charge in [0.2, 0.25) is 10.0 Å². The Balaban J connectivity index is 1.88. The molecule has 0 radical (unpaired) electrons. The summed E-state index contributed by atoms with van der Waals surface area (Å²) in [4.78, 5) is 23.0. The average Bonchev–Trinajstić information content (AvgIpc) is 3.02. The molecule has 21 heavy (non-hydrogen) atoms. The van der Waals surface area contributed by atoms with Crippen LogP contribution in [0.3, 0.4) is 0 Å². The van der Waals surface area contributed by atoms with E-state index in [0.717, 1.165) is 12.8 Å². The molecule has 1 heterocycles. The molecule has 0 atom stereocenters. The van der Waals surface area contributed by atoms with Crippen LogP contribution < -0.4 is 0 Å². The summed E-state index contributed by atoms with van der Waals surface area (Å²) in [6, 6.07) is 0. The van der Waals surface area contributed by atoms with Crippen molar-refractivity contribution in [1.82, 2.24) is 4.31 Å². The van der Waals surface area contributed by atoms with Crippen molar-refractivity contribution in [3.63, 3.8) is 0 Å². The van der Waals surface area contributed by atoms with Crippen LogP contribution in [-0.2, 0) is 24.3 Å². The number of hydrogen-bond acceptors (Lipinski definition) is 5. The maximum absolute atomic E-state index is 12.5. The second kappa shape index (κ2) is 6.87. The molecular formula is C14H23NO5S. The number of methoxy groups -OCH3 is 1. The van der Waals surface area contributed by atoms with Crippen molar-refractivity contribution in [2.75, 3.05) is 20.2 Å². The molecule has 1 saturated carbocycles. The SMILES string of the molecule is COC(=O)CC(=O)C1CCC(S(=O)(=O)N2CCCC2)CC1. The number of ether oxygens (including phenoxy) is 1. The zero-order chi connectivity index (χ0) is 15.5. The van der Waals surface area contributed by atoms with E-state index in [9.17, 15) is 18.0 Å². The van der Waals surface area contributed by atoms with Gasteiger partial charge in [0.05, 0.1) is 12.4 Å².